The summed E-state index contributed by atoms with van der Waals surface area (Å²) in [5.74, 6) is 0.583. The molecule has 5 nitrogen and oxygen atoms in total. The number of nitrogens with zero attached hydrogens (tertiary/aromatic N) is 1. The maximum absolute atomic E-state index is 12.6. The first-order valence-corrected chi connectivity index (χ1v) is 10.0. The van der Waals surface area contributed by atoms with Gasteiger partial charge in [0.25, 0.3) is 11.8 Å². The Hall–Kier alpha value is -2.82. The van der Waals surface area contributed by atoms with Gasteiger partial charge in [0.1, 0.15) is 5.75 Å². The van der Waals surface area contributed by atoms with E-state index >= 15 is 0 Å². The lowest BCUT2D eigenvalue weighted by molar-refractivity contribution is -0.122. The average molecular weight is 380 g/mol. The molecule has 1 saturated heterocycles. The quantitative estimate of drug-likeness (QED) is 0.807. The van der Waals surface area contributed by atoms with Crippen LogP contribution in [0.2, 0.25) is 0 Å². The van der Waals surface area contributed by atoms with Gasteiger partial charge in [-0.25, -0.2) is 0 Å². The van der Waals surface area contributed by atoms with Crippen molar-refractivity contribution in [2.24, 2.45) is 0 Å². The molecular weight excluding hydrogens is 352 g/mol. The van der Waals surface area contributed by atoms with E-state index in [1.54, 1.807) is 24.3 Å². The van der Waals surface area contributed by atoms with Crippen molar-refractivity contribution in [2.45, 2.75) is 45.6 Å². The van der Waals surface area contributed by atoms with Crippen molar-refractivity contribution in [3.8, 4) is 5.75 Å². The fraction of sp³-hybridized carbons (Fsp3) is 0.391. The molecule has 0 spiro atoms. The van der Waals surface area contributed by atoms with Crippen LogP contribution in [0.1, 0.15) is 48.5 Å². The molecule has 2 aromatic carbocycles. The fourth-order valence-electron chi connectivity index (χ4n) is 3.36. The lowest BCUT2D eigenvalue weighted by Gasteiger charge is -2.26. The summed E-state index contributed by atoms with van der Waals surface area (Å²) >= 11 is 0. The topological polar surface area (TPSA) is 58.6 Å². The number of rotatable bonds is 6. The van der Waals surface area contributed by atoms with Crippen molar-refractivity contribution in [3.63, 3.8) is 0 Å². The third kappa shape index (κ3) is 4.91. The SMILES string of the molecule is CCC(Oc1ccccc1C)C(=O)Nc1ccc(C(=O)N2CCCCC2)cc1. The maximum atomic E-state index is 12.6. The zero-order valence-corrected chi connectivity index (χ0v) is 16.6. The van der Waals surface area contributed by atoms with Crippen molar-refractivity contribution in [3.05, 3.63) is 59.7 Å². The predicted molar refractivity (Wildman–Crippen MR) is 111 cm³/mol. The van der Waals surface area contributed by atoms with Gasteiger partial charge in [-0.1, -0.05) is 25.1 Å². The Morgan fingerprint density at radius 3 is 2.36 bits per heavy atom. The first kappa shape index (κ1) is 19.9. The summed E-state index contributed by atoms with van der Waals surface area (Å²) < 4.78 is 5.90. The number of ether oxygens (including phenoxy) is 1. The van der Waals surface area contributed by atoms with Gasteiger partial charge in [0, 0.05) is 24.3 Å². The monoisotopic (exact) mass is 380 g/mol. The van der Waals surface area contributed by atoms with Crippen LogP contribution in [0.15, 0.2) is 48.5 Å². The second kappa shape index (κ2) is 9.40. The number of likely N-dealkylation sites (tertiary alicyclic amines) is 1. The van der Waals surface area contributed by atoms with Crippen LogP contribution in [0.4, 0.5) is 5.69 Å². The van der Waals surface area contributed by atoms with E-state index in [0.29, 0.717) is 23.4 Å². The van der Waals surface area contributed by atoms with E-state index in [-0.39, 0.29) is 11.8 Å². The molecule has 1 aliphatic rings. The van der Waals surface area contributed by atoms with Gasteiger partial charge in [0.2, 0.25) is 0 Å². The minimum atomic E-state index is -0.573. The molecule has 1 atom stereocenters. The van der Waals surface area contributed by atoms with Crippen LogP contribution in [0, 0.1) is 6.92 Å². The molecule has 0 bridgehead atoms. The number of anilines is 1. The Morgan fingerprint density at radius 2 is 1.71 bits per heavy atom. The fourth-order valence-corrected chi connectivity index (χ4v) is 3.36. The predicted octanol–water partition coefficient (Wildman–Crippen LogP) is 4.42. The van der Waals surface area contributed by atoms with Gasteiger partial charge in [-0.2, -0.15) is 0 Å². The number of aryl methyl sites for hydroxylation is 1. The molecule has 1 N–H and O–H groups in total. The van der Waals surface area contributed by atoms with Crippen LogP contribution in [0.25, 0.3) is 0 Å². The Kier molecular flexibility index (Phi) is 6.69. The van der Waals surface area contributed by atoms with Crippen molar-refractivity contribution in [1.82, 2.24) is 4.90 Å². The van der Waals surface area contributed by atoms with Gasteiger partial charge in [-0.3, -0.25) is 9.59 Å². The summed E-state index contributed by atoms with van der Waals surface area (Å²) in [7, 11) is 0. The number of carbonyl (C=O) groups is 2. The van der Waals surface area contributed by atoms with E-state index in [4.69, 9.17) is 4.74 Å². The number of hydrogen-bond donors (Lipinski definition) is 1. The van der Waals surface area contributed by atoms with Crippen molar-refractivity contribution < 1.29 is 14.3 Å². The highest BCUT2D eigenvalue weighted by atomic mass is 16.5. The van der Waals surface area contributed by atoms with Gasteiger partial charge < -0.3 is 15.0 Å². The largest absolute Gasteiger partial charge is 0.480 e. The zero-order chi connectivity index (χ0) is 19.9. The summed E-state index contributed by atoms with van der Waals surface area (Å²) in [5, 5.41) is 2.89. The normalized spacial score (nSPS) is 15.0. The number of amides is 2. The van der Waals surface area contributed by atoms with Crippen LogP contribution in [-0.2, 0) is 4.79 Å². The molecule has 1 heterocycles. The molecular formula is C23H28N2O3. The van der Waals surface area contributed by atoms with E-state index < -0.39 is 6.10 Å². The van der Waals surface area contributed by atoms with E-state index in [2.05, 4.69) is 5.32 Å². The van der Waals surface area contributed by atoms with Crippen LogP contribution in [-0.4, -0.2) is 35.9 Å². The molecule has 28 heavy (non-hydrogen) atoms. The van der Waals surface area contributed by atoms with Gasteiger partial charge in [-0.05, 0) is 68.5 Å². The number of nitrogens with one attached hydrogen (secondary N) is 1. The molecule has 1 aliphatic heterocycles. The van der Waals surface area contributed by atoms with Gasteiger partial charge in [0.05, 0.1) is 0 Å². The highest BCUT2D eigenvalue weighted by Crippen LogP contribution is 2.20. The number of hydrogen-bond acceptors (Lipinski definition) is 3. The molecule has 3 rings (SSSR count). The summed E-state index contributed by atoms with van der Waals surface area (Å²) in [4.78, 5) is 27.1. The average Bonchev–Trinajstić information content (AvgIpc) is 2.73. The molecule has 5 heteroatoms. The molecule has 0 aliphatic carbocycles. The van der Waals surface area contributed by atoms with Crippen LogP contribution < -0.4 is 10.1 Å². The van der Waals surface area contributed by atoms with E-state index in [1.807, 2.05) is 43.0 Å². The third-order valence-electron chi connectivity index (χ3n) is 5.07. The lowest BCUT2D eigenvalue weighted by atomic mass is 10.1. The molecule has 2 amide bonds. The molecule has 2 aromatic rings. The highest BCUT2D eigenvalue weighted by molar-refractivity contribution is 5.97. The van der Waals surface area contributed by atoms with Crippen LogP contribution in [0.5, 0.6) is 5.75 Å². The van der Waals surface area contributed by atoms with Gasteiger partial charge in [0.15, 0.2) is 6.10 Å². The number of para-hydroxylation sites is 1. The Labute approximate surface area is 166 Å². The summed E-state index contributed by atoms with van der Waals surface area (Å²) in [6.45, 7) is 5.53. The molecule has 1 fully saturated rings. The first-order chi connectivity index (χ1) is 13.6. The first-order valence-electron chi connectivity index (χ1n) is 10.0. The second-order valence-electron chi connectivity index (χ2n) is 7.20. The second-order valence-corrected chi connectivity index (χ2v) is 7.20. The van der Waals surface area contributed by atoms with E-state index in [9.17, 15) is 9.59 Å². The number of benzene rings is 2. The highest BCUT2D eigenvalue weighted by Gasteiger charge is 2.20. The smallest absolute Gasteiger partial charge is 0.265 e. The Morgan fingerprint density at radius 1 is 1.04 bits per heavy atom. The number of piperidine rings is 1. The zero-order valence-electron chi connectivity index (χ0n) is 16.6. The van der Waals surface area contributed by atoms with Crippen LogP contribution >= 0.6 is 0 Å². The Bertz CT molecular complexity index is 811. The summed E-state index contributed by atoms with van der Waals surface area (Å²) in [6, 6.07) is 14.8. The van der Waals surface area contributed by atoms with Crippen molar-refractivity contribution in [2.75, 3.05) is 18.4 Å². The maximum Gasteiger partial charge on any atom is 0.265 e. The summed E-state index contributed by atoms with van der Waals surface area (Å²) in [5.41, 5.74) is 2.31. The molecule has 148 valence electrons. The van der Waals surface area contributed by atoms with E-state index in [1.165, 1.54) is 6.42 Å². The van der Waals surface area contributed by atoms with Crippen molar-refractivity contribution in [1.29, 1.82) is 0 Å². The van der Waals surface area contributed by atoms with Gasteiger partial charge in [-0.15, -0.1) is 0 Å². The minimum Gasteiger partial charge on any atom is -0.480 e. The molecule has 0 aromatic heterocycles. The summed E-state index contributed by atoms with van der Waals surface area (Å²) in [6.07, 6.45) is 3.32. The van der Waals surface area contributed by atoms with Crippen molar-refractivity contribution >= 4 is 17.5 Å². The third-order valence-corrected chi connectivity index (χ3v) is 5.07. The molecule has 1 unspecified atom stereocenters. The standard InChI is InChI=1S/C23H28N2O3/c1-3-20(28-21-10-6-5-9-17(21)2)22(26)24-19-13-11-18(12-14-19)23(27)25-15-7-4-8-16-25/h5-6,9-14,20H,3-4,7-8,15-16H2,1-2H3,(H,24,26). The molecule has 0 radical (unpaired) electrons. The van der Waals surface area contributed by atoms with Gasteiger partial charge >= 0.3 is 0 Å². The Balaban J connectivity index is 1.61. The minimum absolute atomic E-state index is 0.0619. The molecule has 0 saturated carbocycles. The van der Waals surface area contributed by atoms with E-state index in [0.717, 1.165) is 31.5 Å². The lowest BCUT2D eigenvalue weighted by Crippen LogP contribution is -2.35. The van der Waals surface area contributed by atoms with Crippen LogP contribution in [0.3, 0.4) is 0 Å². The number of carbonyl (C=O) groups excluding carboxylic acids is 2.